The van der Waals surface area contributed by atoms with Gasteiger partial charge in [-0.2, -0.15) is 11.8 Å². The predicted octanol–water partition coefficient (Wildman–Crippen LogP) is 1.19. The SMILES string of the molecule is CNCCCS(=O)(=O)NC1CCCC(SC)C1. The second-order valence-corrected chi connectivity index (χ2v) is 7.63. The summed E-state index contributed by atoms with van der Waals surface area (Å²) in [5.41, 5.74) is 0. The van der Waals surface area contributed by atoms with E-state index in [9.17, 15) is 8.42 Å². The second kappa shape index (κ2) is 7.61. The third kappa shape index (κ3) is 6.08. The molecule has 0 aromatic heterocycles. The minimum Gasteiger partial charge on any atom is -0.320 e. The highest BCUT2D eigenvalue weighted by Gasteiger charge is 2.24. The van der Waals surface area contributed by atoms with Crippen LogP contribution in [0.1, 0.15) is 32.1 Å². The largest absolute Gasteiger partial charge is 0.320 e. The van der Waals surface area contributed by atoms with Crippen LogP contribution in [-0.2, 0) is 10.0 Å². The van der Waals surface area contributed by atoms with E-state index in [2.05, 4.69) is 16.3 Å². The standard InChI is InChI=1S/C11H24N2O2S2/c1-12-7-4-8-17(14,15)13-10-5-3-6-11(9-10)16-2/h10-13H,3-9H2,1-2H3. The first kappa shape index (κ1) is 15.3. The van der Waals surface area contributed by atoms with Crippen LogP contribution in [-0.4, -0.2) is 45.3 Å². The molecule has 0 amide bonds. The summed E-state index contributed by atoms with van der Waals surface area (Å²) in [6.45, 7) is 0.749. The van der Waals surface area contributed by atoms with Gasteiger partial charge in [0.15, 0.2) is 0 Å². The molecule has 0 aromatic rings. The topological polar surface area (TPSA) is 58.2 Å². The highest BCUT2D eigenvalue weighted by molar-refractivity contribution is 7.99. The van der Waals surface area contributed by atoms with Crippen molar-refractivity contribution in [2.45, 2.75) is 43.4 Å². The third-order valence-electron chi connectivity index (χ3n) is 3.15. The van der Waals surface area contributed by atoms with Gasteiger partial charge < -0.3 is 5.32 Å². The van der Waals surface area contributed by atoms with Gasteiger partial charge in [0, 0.05) is 11.3 Å². The van der Waals surface area contributed by atoms with Crippen molar-refractivity contribution < 1.29 is 8.42 Å². The van der Waals surface area contributed by atoms with Crippen molar-refractivity contribution in [1.29, 1.82) is 0 Å². The Balaban J connectivity index is 2.36. The Hall–Kier alpha value is 0.220. The maximum absolute atomic E-state index is 11.8. The Morgan fingerprint density at radius 3 is 2.76 bits per heavy atom. The Kier molecular flexibility index (Phi) is 6.84. The minimum atomic E-state index is -3.08. The lowest BCUT2D eigenvalue weighted by Gasteiger charge is -2.28. The van der Waals surface area contributed by atoms with Crippen molar-refractivity contribution in [1.82, 2.24) is 10.0 Å². The van der Waals surface area contributed by atoms with Crippen molar-refractivity contribution in [2.75, 3.05) is 25.6 Å². The first-order chi connectivity index (χ1) is 8.07. The van der Waals surface area contributed by atoms with Gasteiger partial charge in [-0.1, -0.05) is 6.42 Å². The average molecular weight is 280 g/mol. The summed E-state index contributed by atoms with van der Waals surface area (Å²) in [6.07, 6.45) is 7.10. The molecule has 2 atom stereocenters. The molecule has 4 nitrogen and oxygen atoms in total. The van der Waals surface area contributed by atoms with Gasteiger partial charge in [0.05, 0.1) is 5.75 Å². The fourth-order valence-electron chi connectivity index (χ4n) is 2.22. The fourth-order valence-corrected chi connectivity index (χ4v) is 4.41. The van der Waals surface area contributed by atoms with Crippen molar-refractivity contribution in [2.24, 2.45) is 0 Å². The quantitative estimate of drug-likeness (QED) is 0.688. The highest BCUT2D eigenvalue weighted by atomic mass is 32.2. The van der Waals surface area contributed by atoms with Gasteiger partial charge in [0.2, 0.25) is 10.0 Å². The molecular weight excluding hydrogens is 256 g/mol. The monoisotopic (exact) mass is 280 g/mol. The van der Waals surface area contributed by atoms with E-state index in [0.29, 0.717) is 11.7 Å². The van der Waals surface area contributed by atoms with Gasteiger partial charge in [-0.05, 0) is 45.5 Å². The van der Waals surface area contributed by atoms with E-state index in [1.54, 1.807) is 0 Å². The molecule has 0 aromatic carbocycles. The Morgan fingerprint density at radius 2 is 2.12 bits per heavy atom. The van der Waals surface area contributed by atoms with Crippen LogP contribution in [0.5, 0.6) is 0 Å². The molecule has 102 valence electrons. The number of sulfonamides is 1. The second-order valence-electron chi connectivity index (χ2n) is 4.62. The number of hydrogen-bond acceptors (Lipinski definition) is 4. The van der Waals surface area contributed by atoms with E-state index in [-0.39, 0.29) is 11.8 Å². The van der Waals surface area contributed by atoms with Crippen LogP contribution < -0.4 is 10.0 Å². The molecular formula is C11H24N2O2S2. The van der Waals surface area contributed by atoms with Gasteiger partial charge in [-0.3, -0.25) is 0 Å². The molecule has 0 aliphatic heterocycles. The van der Waals surface area contributed by atoms with E-state index in [1.165, 1.54) is 6.42 Å². The molecule has 1 fully saturated rings. The molecule has 2 unspecified atom stereocenters. The zero-order valence-electron chi connectivity index (χ0n) is 10.7. The van der Waals surface area contributed by atoms with Crippen LogP contribution in [0.3, 0.4) is 0 Å². The molecule has 0 spiro atoms. The molecule has 2 N–H and O–H groups in total. The first-order valence-corrected chi connectivity index (χ1v) is 9.19. The number of nitrogens with one attached hydrogen (secondary N) is 2. The van der Waals surface area contributed by atoms with Gasteiger partial charge >= 0.3 is 0 Å². The Labute approximate surface area is 109 Å². The van der Waals surface area contributed by atoms with Crippen molar-refractivity contribution in [3.8, 4) is 0 Å². The van der Waals surface area contributed by atoms with E-state index in [1.807, 2.05) is 18.8 Å². The number of hydrogen-bond donors (Lipinski definition) is 2. The summed E-state index contributed by atoms with van der Waals surface area (Å²) in [4.78, 5) is 0. The molecule has 0 radical (unpaired) electrons. The smallest absolute Gasteiger partial charge is 0.211 e. The third-order valence-corrected chi connectivity index (χ3v) is 5.76. The molecule has 1 saturated carbocycles. The maximum atomic E-state index is 11.8. The number of rotatable bonds is 7. The van der Waals surface area contributed by atoms with Crippen LogP contribution >= 0.6 is 11.8 Å². The lowest BCUT2D eigenvalue weighted by Crippen LogP contribution is -2.40. The lowest BCUT2D eigenvalue weighted by atomic mass is 9.96. The minimum absolute atomic E-state index is 0.154. The normalized spacial score (nSPS) is 26.0. The predicted molar refractivity (Wildman–Crippen MR) is 75.0 cm³/mol. The lowest BCUT2D eigenvalue weighted by molar-refractivity contribution is 0.420. The molecule has 17 heavy (non-hydrogen) atoms. The molecule has 0 heterocycles. The summed E-state index contributed by atoms with van der Waals surface area (Å²) in [5.74, 6) is 0.230. The van der Waals surface area contributed by atoms with E-state index in [4.69, 9.17) is 0 Å². The van der Waals surface area contributed by atoms with Gasteiger partial charge in [0.1, 0.15) is 0 Å². The van der Waals surface area contributed by atoms with Crippen LogP contribution in [0.15, 0.2) is 0 Å². The van der Waals surface area contributed by atoms with E-state index < -0.39 is 10.0 Å². The zero-order valence-corrected chi connectivity index (χ0v) is 12.4. The molecule has 0 bridgehead atoms. The van der Waals surface area contributed by atoms with Gasteiger partial charge in [-0.15, -0.1) is 0 Å². The van der Waals surface area contributed by atoms with Crippen molar-refractivity contribution in [3.63, 3.8) is 0 Å². The van der Waals surface area contributed by atoms with Crippen molar-refractivity contribution >= 4 is 21.8 Å². The molecule has 6 heteroatoms. The fraction of sp³-hybridized carbons (Fsp3) is 1.00. The van der Waals surface area contributed by atoms with E-state index >= 15 is 0 Å². The zero-order chi connectivity index (χ0) is 12.7. The first-order valence-electron chi connectivity index (χ1n) is 6.25. The number of thioether (sulfide) groups is 1. The van der Waals surface area contributed by atoms with Crippen molar-refractivity contribution in [3.05, 3.63) is 0 Å². The summed E-state index contributed by atoms with van der Waals surface area (Å²) >= 11 is 1.85. The summed E-state index contributed by atoms with van der Waals surface area (Å²) in [5, 5.41) is 3.58. The molecule has 1 rings (SSSR count). The van der Waals surface area contributed by atoms with Crippen LogP contribution in [0.4, 0.5) is 0 Å². The molecule has 1 aliphatic carbocycles. The Morgan fingerprint density at radius 1 is 1.35 bits per heavy atom. The van der Waals surface area contributed by atoms with E-state index in [0.717, 1.165) is 25.8 Å². The van der Waals surface area contributed by atoms with Gasteiger partial charge in [0.25, 0.3) is 0 Å². The van der Waals surface area contributed by atoms with Crippen LogP contribution in [0.25, 0.3) is 0 Å². The summed E-state index contributed by atoms with van der Waals surface area (Å²) in [7, 11) is -1.25. The maximum Gasteiger partial charge on any atom is 0.211 e. The van der Waals surface area contributed by atoms with Crippen LogP contribution in [0, 0.1) is 0 Å². The Bertz CT molecular complexity index is 307. The summed E-state index contributed by atoms with van der Waals surface area (Å²) in [6, 6.07) is 0.154. The average Bonchev–Trinajstić information content (AvgIpc) is 2.29. The molecule has 1 aliphatic rings. The highest BCUT2D eigenvalue weighted by Crippen LogP contribution is 2.27. The summed E-state index contributed by atoms with van der Waals surface area (Å²) < 4.78 is 26.5. The molecule has 0 saturated heterocycles. The van der Waals surface area contributed by atoms with Gasteiger partial charge in [-0.25, -0.2) is 13.1 Å². The van der Waals surface area contributed by atoms with Crippen LogP contribution in [0.2, 0.25) is 0 Å².